The van der Waals surface area contributed by atoms with E-state index in [2.05, 4.69) is 15.4 Å². The van der Waals surface area contributed by atoms with E-state index in [1.54, 1.807) is 6.92 Å². The van der Waals surface area contributed by atoms with Crippen molar-refractivity contribution in [2.75, 3.05) is 0 Å². The number of benzene rings is 1. The van der Waals surface area contributed by atoms with Crippen LogP contribution in [0.1, 0.15) is 69.7 Å². The van der Waals surface area contributed by atoms with Crippen molar-refractivity contribution >= 4 is 27.9 Å². The Balaban J connectivity index is 1.88. The second kappa shape index (κ2) is 11.2. The van der Waals surface area contributed by atoms with Crippen LogP contribution in [0, 0.1) is 0 Å². The first-order valence-corrected chi connectivity index (χ1v) is 12.1. The molecule has 3 N–H and O–H groups in total. The van der Waals surface area contributed by atoms with Crippen molar-refractivity contribution in [1.29, 1.82) is 0 Å². The number of sulfonamides is 1. The lowest BCUT2D eigenvalue weighted by molar-refractivity contribution is -0.127. The first-order valence-electron chi connectivity index (χ1n) is 10.6. The molecule has 172 valence electrons. The molecule has 1 aliphatic carbocycles. The highest BCUT2D eigenvalue weighted by molar-refractivity contribution is 7.89. The molecular formula is C21H31N3O6S. The summed E-state index contributed by atoms with van der Waals surface area (Å²) in [6.07, 6.45) is 4.44. The van der Waals surface area contributed by atoms with Gasteiger partial charge in [-0.3, -0.25) is 10.1 Å². The zero-order valence-corrected chi connectivity index (χ0v) is 19.0. The number of nitrogens with one attached hydrogen (secondary N) is 3. The number of ether oxygens (including phenoxy) is 1. The van der Waals surface area contributed by atoms with Gasteiger partial charge in [-0.2, -0.15) is 0 Å². The maximum atomic E-state index is 12.3. The first-order chi connectivity index (χ1) is 14.6. The van der Waals surface area contributed by atoms with Crippen molar-refractivity contribution in [3.05, 3.63) is 29.8 Å². The van der Waals surface area contributed by atoms with Gasteiger partial charge in [0.25, 0.3) is 5.91 Å². The molecular weight excluding hydrogens is 422 g/mol. The van der Waals surface area contributed by atoms with Gasteiger partial charge < -0.3 is 10.1 Å². The largest absolute Gasteiger partial charge is 0.449 e. The van der Waals surface area contributed by atoms with Gasteiger partial charge in [0.1, 0.15) is 0 Å². The van der Waals surface area contributed by atoms with Crippen molar-refractivity contribution in [3.63, 3.8) is 0 Å². The number of carbonyl (C=O) groups is 3. The first kappa shape index (κ1) is 24.8. The Bertz CT molecular complexity index is 879. The summed E-state index contributed by atoms with van der Waals surface area (Å²) in [4.78, 5) is 36.4. The van der Waals surface area contributed by atoms with Crippen LogP contribution in [-0.2, 0) is 19.6 Å². The Morgan fingerprint density at radius 1 is 1.06 bits per heavy atom. The Morgan fingerprint density at radius 3 is 2.26 bits per heavy atom. The Labute approximate surface area is 183 Å². The van der Waals surface area contributed by atoms with Gasteiger partial charge in [-0.15, -0.1) is 0 Å². The molecule has 0 saturated heterocycles. The molecule has 0 heterocycles. The van der Waals surface area contributed by atoms with Gasteiger partial charge in [-0.05, 0) is 57.4 Å². The van der Waals surface area contributed by atoms with E-state index in [9.17, 15) is 22.8 Å². The molecule has 1 saturated carbocycles. The Hall–Kier alpha value is -2.46. The lowest BCUT2D eigenvalue weighted by atomic mass is 9.96. The number of esters is 1. The van der Waals surface area contributed by atoms with Gasteiger partial charge in [-0.25, -0.2) is 22.7 Å². The summed E-state index contributed by atoms with van der Waals surface area (Å²) >= 11 is 0. The van der Waals surface area contributed by atoms with Crippen molar-refractivity contribution in [3.8, 4) is 0 Å². The summed E-state index contributed by atoms with van der Waals surface area (Å²) in [5.41, 5.74) is 0.0915. The molecule has 2 atom stereocenters. The van der Waals surface area contributed by atoms with Crippen molar-refractivity contribution < 1.29 is 27.5 Å². The standard InChI is InChI=1S/C21H31N3O6S/c1-4-14(2)24-31(28,29)18-12-10-16(11-13-18)20(26)30-15(3)19(25)23-21(27)22-17-8-6-5-7-9-17/h10-15,17,24H,4-9H2,1-3H3,(H2,22,23,25,27). The predicted octanol–water partition coefficient (Wildman–Crippen LogP) is 2.47. The second-order valence-electron chi connectivity index (χ2n) is 7.80. The SMILES string of the molecule is CCC(C)NS(=O)(=O)c1ccc(C(=O)OC(C)C(=O)NC(=O)NC2CCCCC2)cc1. The smallest absolute Gasteiger partial charge is 0.338 e. The molecule has 1 aromatic carbocycles. The molecule has 1 aliphatic rings. The summed E-state index contributed by atoms with van der Waals surface area (Å²) in [5, 5.41) is 4.94. The molecule has 9 nitrogen and oxygen atoms in total. The summed E-state index contributed by atoms with van der Waals surface area (Å²) in [5.74, 6) is -1.53. The highest BCUT2D eigenvalue weighted by Crippen LogP contribution is 2.17. The van der Waals surface area contributed by atoms with Crippen LogP contribution in [0.25, 0.3) is 0 Å². The minimum atomic E-state index is -3.69. The van der Waals surface area contributed by atoms with Crippen molar-refractivity contribution in [2.24, 2.45) is 0 Å². The van der Waals surface area contributed by atoms with Crippen LogP contribution in [0.4, 0.5) is 4.79 Å². The number of rotatable bonds is 8. The normalized spacial score (nSPS) is 16.7. The maximum Gasteiger partial charge on any atom is 0.338 e. The monoisotopic (exact) mass is 453 g/mol. The van der Waals surface area contributed by atoms with Gasteiger partial charge in [0.2, 0.25) is 10.0 Å². The van der Waals surface area contributed by atoms with E-state index in [-0.39, 0.29) is 22.5 Å². The van der Waals surface area contributed by atoms with E-state index in [1.807, 2.05) is 6.92 Å². The van der Waals surface area contributed by atoms with E-state index < -0.39 is 34.0 Å². The number of carbonyl (C=O) groups excluding carboxylic acids is 3. The molecule has 0 radical (unpaired) electrons. The number of imide groups is 1. The van der Waals surface area contributed by atoms with Crippen molar-refractivity contribution in [2.45, 2.75) is 82.4 Å². The fourth-order valence-corrected chi connectivity index (χ4v) is 4.48. The number of hydrogen-bond acceptors (Lipinski definition) is 6. The number of hydrogen-bond donors (Lipinski definition) is 3. The third-order valence-electron chi connectivity index (χ3n) is 5.20. The molecule has 10 heteroatoms. The van der Waals surface area contributed by atoms with E-state index in [0.717, 1.165) is 32.1 Å². The second-order valence-corrected chi connectivity index (χ2v) is 9.51. The number of amides is 3. The minimum Gasteiger partial charge on any atom is -0.449 e. The number of urea groups is 1. The van der Waals surface area contributed by atoms with E-state index in [1.165, 1.54) is 31.2 Å². The molecule has 1 aromatic rings. The Morgan fingerprint density at radius 2 is 1.68 bits per heavy atom. The van der Waals surface area contributed by atoms with E-state index in [4.69, 9.17) is 4.74 Å². The molecule has 0 aliphatic heterocycles. The van der Waals surface area contributed by atoms with Crippen LogP contribution in [0.5, 0.6) is 0 Å². The van der Waals surface area contributed by atoms with E-state index >= 15 is 0 Å². The van der Waals surface area contributed by atoms with Gasteiger partial charge in [0, 0.05) is 12.1 Å². The third kappa shape index (κ3) is 7.62. The quantitative estimate of drug-likeness (QED) is 0.518. The molecule has 0 aromatic heterocycles. The summed E-state index contributed by atoms with van der Waals surface area (Å²) in [6.45, 7) is 4.98. The average molecular weight is 454 g/mol. The highest BCUT2D eigenvalue weighted by Gasteiger charge is 2.23. The zero-order valence-electron chi connectivity index (χ0n) is 18.1. The summed E-state index contributed by atoms with van der Waals surface area (Å²) in [6, 6.07) is 4.44. The lowest BCUT2D eigenvalue weighted by Crippen LogP contribution is -2.48. The maximum absolute atomic E-state index is 12.3. The Kier molecular flexibility index (Phi) is 9.00. The molecule has 31 heavy (non-hydrogen) atoms. The molecule has 1 fully saturated rings. The summed E-state index contributed by atoms with van der Waals surface area (Å²) < 4.78 is 32.2. The fraction of sp³-hybridized carbons (Fsp3) is 0.571. The van der Waals surface area contributed by atoms with Crippen LogP contribution in [-0.4, -0.2) is 44.5 Å². The van der Waals surface area contributed by atoms with Gasteiger partial charge in [-0.1, -0.05) is 26.2 Å². The molecule has 2 unspecified atom stereocenters. The van der Waals surface area contributed by atoms with Crippen LogP contribution in [0.2, 0.25) is 0 Å². The average Bonchev–Trinajstić information content (AvgIpc) is 2.73. The third-order valence-corrected chi connectivity index (χ3v) is 6.80. The van der Waals surface area contributed by atoms with E-state index in [0.29, 0.717) is 6.42 Å². The van der Waals surface area contributed by atoms with Gasteiger partial charge in [0.05, 0.1) is 10.5 Å². The zero-order chi connectivity index (χ0) is 23.0. The molecule has 3 amide bonds. The molecule has 0 bridgehead atoms. The van der Waals surface area contributed by atoms with Crippen LogP contribution in [0.15, 0.2) is 29.2 Å². The van der Waals surface area contributed by atoms with Crippen LogP contribution in [0.3, 0.4) is 0 Å². The van der Waals surface area contributed by atoms with Gasteiger partial charge >= 0.3 is 12.0 Å². The predicted molar refractivity (Wildman–Crippen MR) is 115 cm³/mol. The highest BCUT2D eigenvalue weighted by atomic mass is 32.2. The topological polar surface area (TPSA) is 131 Å². The van der Waals surface area contributed by atoms with Crippen molar-refractivity contribution in [1.82, 2.24) is 15.4 Å². The molecule has 0 spiro atoms. The van der Waals surface area contributed by atoms with Crippen LogP contribution < -0.4 is 15.4 Å². The fourth-order valence-electron chi connectivity index (χ4n) is 3.15. The summed E-state index contributed by atoms with van der Waals surface area (Å²) in [7, 11) is -3.69. The minimum absolute atomic E-state index is 0.0227. The van der Waals surface area contributed by atoms with Gasteiger partial charge in [0.15, 0.2) is 6.10 Å². The lowest BCUT2D eigenvalue weighted by Gasteiger charge is -2.23. The van der Waals surface area contributed by atoms with Crippen LogP contribution >= 0.6 is 0 Å². The molecule has 2 rings (SSSR count).